The van der Waals surface area contributed by atoms with E-state index in [-0.39, 0.29) is 0 Å². The first-order valence-corrected chi connectivity index (χ1v) is 8.05. The van der Waals surface area contributed by atoms with Crippen LogP contribution in [0.3, 0.4) is 0 Å². The summed E-state index contributed by atoms with van der Waals surface area (Å²) in [7, 11) is 0. The summed E-state index contributed by atoms with van der Waals surface area (Å²) < 4.78 is 0. The Balaban J connectivity index is 2.08. The summed E-state index contributed by atoms with van der Waals surface area (Å²) in [6.07, 6.45) is 2.20. The highest BCUT2D eigenvalue weighted by Crippen LogP contribution is 2.23. The Labute approximate surface area is 129 Å². The Kier molecular flexibility index (Phi) is 5.58. The molecule has 21 heavy (non-hydrogen) atoms. The van der Waals surface area contributed by atoms with Gasteiger partial charge in [-0.15, -0.1) is 0 Å². The third-order valence-corrected chi connectivity index (χ3v) is 4.23. The van der Waals surface area contributed by atoms with Crippen molar-refractivity contribution >= 4 is 0 Å². The van der Waals surface area contributed by atoms with Crippen LogP contribution >= 0.6 is 0 Å². The fourth-order valence-electron chi connectivity index (χ4n) is 2.69. The summed E-state index contributed by atoms with van der Waals surface area (Å²) >= 11 is 0. The molecule has 2 aromatic rings. The number of nitrogens with one attached hydrogen (secondary N) is 1. The summed E-state index contributed by atoms with van der Waals surface area (Å²) in [6, 6.07) is 18.6. The second-order valence-corrected chi connectivity index (χ2v) is 5.86. The van der Waals surface area contributed by atoms with Gasteiger partial charge < -0.3 is 5.32 Å². The summed E-state index contributed by atoms with van der Waals surface area (Å²) in [5.74, 6) is 0. The van der Waals surface area contributed by atoms with Gasteiger partial charge in [-0.1, -0.05) is 67.9 Å². The van der Waals surface area contributed by atoms with E-state index in [2.05, 4.69) is 81.5 Å². The highest BCUT2D eigenvalue weighted by Gasteiger charge is 2.13. The van der Waals surface area contributed by atoms with E-state index in [1.54, 1.807) is 0 Å². The van der Waals surface area contributed by atoms with Crippen molar-refractivity contribution in [1.82, 2.24) is 5.32 Å². The minimum atomic E-state index is 0.362. The number of aryl methyl sites for hydroxylation is 2. The molecule has 0 heterocycles. The first-order valence-electron chi connectivity index (χ1n) is 8.05. The van der Waals surface area contributed by atoms with Crippen LogP contribution in [0.25, 0.3) is 0 Å². The maximum atomic E-state index is 3.76. The minimum Gasteiger partial charge on any atom is -0.303 e. The predicted octanol–water partition coefficient (Wildman–Crippen LogP) is 5.36. The molecular weight excluding hydrogens is 254 g/mol. The van der Waals surface area contributed by atoms with E-state index in [9.17, 15) is 0 Å². The minimum absolute atomic E-state index is 0.362. The first-order chi connectivity index (χ1) is 10.1. The zero-order chi connectivity index (χ0) is 15.2. The molecule has 0 saturated carbocycles. The molecular formula is C20H27N. The van der Waals surface area contributed by atoms with Crippen molar-refractivity contribution in [3.63, 3.8) is 0 Å². The Hall–Kier alpha value is -1.60. The van der Waals surface area contributed by atoms with Crippen molar-refractivity contribution in [2.24, 2.45) is 0 Å². The molecule has 0 aliphatic rings. The normalized spacial score (nSPS) is 13.9. The smallest absolute Gasteiger partial charge is 0.0323 e. The molecule has 0 fully saturated rings. The summed E-state index contributed by atoms with van der Waals surface area (Å²) in [6.45, 7) is 8.82. The lowest BCUT2D eigenvalue weighted by Crippen LogP contribution is -2.24. The van der Waals surface area contributed by atoms with E-state index in [4.69, 9.17) is 0 Å². The van der Waals surface area contributed by atoms with Gasteiger partial charge in [-0.25, -0.2) is 0 Å². The monoisotopic (exact) mass is 281 g/mol. The molecule has 2 atom stereocenters. The molecule has 2 aromatic carbocycles. The van der Waals surface area contributed by atoms with Crippen molar-refractivity contribution in [3.8, 4) is 0 Å². The lowest BCUT2D eigenvalue weighted by Gasteiger charge is -2.23. The van der Waals surface area contributed by atoms with Crippen molar-refractivity contribution in [2.75, 3.05) is 0 Å². The van der Waals surface area contributed by atoms with Crippen LogP contribution in [0.2, 0.25) is 0 Å². The van der Waals surface area contributed by atoms with Crippen LogP contribution in [0.4, 0.5) is 0 Å². The van der Waals surface area contributed by atoms with Crippen LogP contribution in [-0.2, 0) is 6.42 Å². The fraction of sp³-hybridized carbons (Fsp3) is 0.400. The SMILES string of the molecule is CCc1ccc(C(CC)NC(C)c2ccc(C)cc2)cc1. The fourth-order valence-corrected chi connectivity index (χ4v) is 2.69. The van der Waals surface area contributed by atoms with Crippen LogP contribution in [0, 0.1) is 6.92 Å². The van der Waals surface area contributed by atoms with E-state index < -0.39 is 0 Å². The van der Waals surface area contributed by atoms with Crippen molar-refractivity contribution < 1.29 is 0 Å². The molecule has 2 rings (SSSR count). The Morgan fingerprint density at radius 2 is 1.43 bits per heavy atom. The van der Waals surface area contributed by atoms with E-state index in [1.165, 1.54) is 22.3 Å². The van der Waals surface area contributed by atoms with Crippen LogP contribution in [0.1, 0.15) is 61.5 Å². The number of hydrogen-bond acceptors (Lipinski definition) is 1. The maximum absolute atomic E-state index is 3.76. The average molecular weight is 281 g/mol. The van der Waals surface area contributed by atoms with Gasteiger partial charge in [0, 0.05) is 12.1 Å². The topological polar surface area (TPSA) is 12.0 Å². The second kappa shape index (κ2) is 7.42. The molecule has 0 amide bonds. The van der Waals surface area contributed by atoms with Gasteiger partial charge in [0.2, 0.25) is 0 Å². The molecule has 1 nitrogen and oxygen atoms in total. The van der Waals surface area contributed by atoms with Gasteiger partial charge in [0.25, 0.3) is 0 Å². The van der Waals surface area contributed by atoms with Crippen molar-refractivity contribution in [3.05, 3.63) is 70.8 Å². The Morgan fingerprint density at radius 3 is 1.95 bits per heavy atom. The van der Waals surface area contributed by atoms with E-state index in [0.29, 0.717) is 12.1 Å². The van der Waals surface area contributed by atoms with Crippen LogP contribution in [-0.4, -0.2) is 0 Å². The Bertz CT molecular complexity index is 539. The van der Waals surface area contributed by atoms with Gasteiger partial charge in [-0.3, -0.25) is 0 Å². The number of hydrogen-bond donors (Lipinski definition) is 1. The van der Waals surface area contributed by atoms with Gasteiger partial charge in [-0.2, -0.15) is 0 Å². The molecule has 0 saturated heterocycles. The molecule has 0 radical (unpaired) electrons. The standard InChI is InChI=1S/C20H27N/c1-5-17-9-13-19(14-10-17)20(6-2)21-16(4)18-11-7-15(3)8-12-18/h7-14,16,20-21H,5-6H2,1-4H3. The molecule has 0 bridgehead atoms. The summed E-state index contributed by atoms with van der Waals surface area (Å²) in [5.41, 5.74) is 5.45. The Morgan fingerprint density at radius 1 is 0.857 bits per heavy atom. The highest BCUT2D eigenvalue weighted by atomic mass is 14.9. The quantitative estimate of drug-likeness (QED) is 0.751. The first kappa shape index (κ1) is 15.8. The molecule has 0 spiro atoms. The molecule has 1 N–H and O–H groups in total. The van der Waals surface area contributed by atoms with Gasteiger partial charge >= 0.3 is 0 Å². The number of benzene rings is 2. The zero-order valence-corrected chi connectivity index (χ0v) is 13.7. The third kappa shape index (κ3) is 4.18. The predicted molar refractivity (Wildman–Crippen MR) is 91.6 cm³/mol. The van der Waals surface area contributed by atoms with Crippen molar-refractivity contribution in [1.29, 1.82) is 0 Å². The van der Waals surface area contributed by atoms with Crippen molar-refractivity contribution in [2.45, 2.75) is 52.6 Å². The number of rotatable bonds is 6. The molecule has 0 aromatic heterocycles. The molecule has 2 unspecified atom stereocenters. The van der Waals surface area contributed by atoms with Gasteiger partial charge in [-0.05, 0) is 43.4 Å². The third-order valence-electron chi connectivity index (χ3n) is 4.23. The molecule has 0 aliphatic heterocycles. The largest absolute Gasteiger partial charge is 0.303 e. The van der Waals surface area contributed by atoms with E-state index >= 15 is 0 Å². The highest BCUT2D eigenvalue weighted by molar-refractivity contribution is 5.27. The molecule has 112 valence electrons. The zero-order valence-electron chi connectivity index (χ0n) is 13.7. The lowest BCUT2D eigenvalue weighted by molar-refractivity contribution is 0.456. The van der Waals surface area contributed by atoms with Crippen LogP contribution < -0.4 is 5.32 Å². The van der Waals surface area contributed by atoms with Gasteiger partial charge in [0.05, 0.1) is 0 Å². The average Bonchev–Trinajstić information content (AvgIpc) is 2.53. The second-order valence-electron chi connectivity index (χ2n) is 5.86. The van der Waals surface area contributed by atoms with E-state index in [0.717, 1.165) is 12.8 Å². The maximum Gasteiger partial charge on any atom is 0.0323 e. The van der Waals surface area contributed by atoms with Gasteiger partial charge in [0.1, 0.15) is 0 Å². The molecule has 1 heteroatoms. The summed E-state index contributed by atoms with van der Waals surface area (Å²) in [5, 5.41) is 3.76. The lowest BCUT2D eigenvalue weighted by atomic mass is 9.99. The van der Waals surface area contributed by atoms with Crippen LogP contribution in [0.15, 0.2) is 48.5 Å². The summed E-state index contributed by atoms with van der Waals surface area (Å²) in [4.78, 5) is 0. The van der Waals surface area contributed by atoms with E-state index in [1.807, 2.05) is 0 Å². The van der Waals surface area contributed by atoms with Crippen LogP contribution in [0.5, 0.6) is 0 Å². The van der Waals surface area contributed by atoms with Gasteiger partial charge in [0.15, 0.2) is 0 Å². The molecule has 0 aliphatic carbocycles.